The summed E-state index contributed by atoms with van der Waals surface area (Å²) < 4.78 is 14.6. The molecule has 3 aliphatic rings. The number of aliphatic hydroxyl groups is 1. The van der Waals surface area contributed by atoms with Gasteiger partial charge >= 0.3 is 5.97 Å². The molecule has 0 aromatic heterocycles. The topological polar surface area (TPSA) is 58.8 Å². The Balaban J connectivity index is 1.68. The van der Waals surface area contributed by atoms with Crippen molar-refractivity contribution in [3.05, 3.63) is 105 Å². The van der Waals surface area contributed by atoms with E-state index in [4.69, 9.17) is 9.47 Å². The average molecular weight is 491 g/mol. The number of esters is 1. The van der Waals surface area contributed by atoms with Gasteiger partial charge < -0.3 is 14.6 Å². The second-order valence-electron chi connectivity index (χ2n) is 10.1. The van der Waals surface area contributed by atoms with E-state index in [1.807, 2.05) is 42.5 Å². The Labute approximate surface area is 214 Å². The number of carbonyl (C=O) groups is 1. The zero-order valence-corrected chi connectivity index (χ0v) is 20.8. The van der Waals surface area contributed by atoms with Crippen molar-refractivity contribution >= 4 is 22.3 Å². The standard InChI is InChI=1S/C32H28NO4/c1-36-32(35)23-11-3-2-10-22(23)28-24-14-13-19-7-4-8-21(18-34)27(19)31(24)37-30-25-12-6-16-33-15-5-9-20(29(25)33)17-26(28)30/h2-4,7-8,10-11,13-14,17,34H,5-6,9,12,15-16,18H2,1H3/q+1. The maximum Gasteiger partial charge on any atom is 0.338 e. The maximum absolute atomic E-state index is 12.9. The first-order valence-electron chi connectivity index (χ1n) is 13.0. The van der Waals surface area contributed by atoms with E-state index in [1.54, 1.807) is 0 Å². The number of aliphatic hydroxyl groups excluding tert-OH is 1. The van der Waals surface area contributed by atoms with E-state index in [0.29, 0.717) is 5.56 Å². The van der Waals surface area contributed by atoms with Gasteiger partial charge in [-0.25, -0.2) is 9.37 Å². The van der Waals surface area contributed by atoms with Crippen LogP contribution in [-0.2, 0) is 24.2 Å². The van der Waals surface area contributed by atoms with Crippen molar-refractivity contribution < 1.29 is 19.4 Å². The minimum absolute atomic E-state index is 0.0804. The van der Waals surface area contributed by atoms with Crippen LogP contribution in [0, 0.1) is 0 Å². The number of rotatable bonds is 3. The Morgan fingerprint density at radius 2 is 1.81 bits per heavy atom. The van der Waals surface area contributed by atoms with Gasteiger partial charge in [0.15, 0.2) is 0 Å². The summed E-state index contributed by atoms with van der Waals surface area (Å²) in [5.41, 5.74) is 6.71. The Bertz CT molecular complexity index is 1750. The molecule has 0 atom stereocenters. The Morgan fingerprint density at radius 3 is 2.65 bits per heavy atom. The van der Waals surface area contributed by atoms with Gasteiger partial charge in [0.1, 0.15) is 24.6 Å². The summed E-state index contributed by atoms with van der Waals surface area (Å²) in [4.78, 5) is 12.9. The zero-order valence-electron chi connectivity index (χ0n) is 20.8. The van der Waals surface area contributed by atoms with Crippen molar-refractivity contribution in [1.82, 2.24) is 4.58 Å². The molecule has 5 heteroatoms. The fraction of sp³-hybridized carbons (Fsp3) is 0.250. The van der Waals surface area contributed by atoms with Gasteiger partial charge in [-0.05, 0) is 47.6 Å². The van der Waals surface area contributed by atoms with E-state index < -0.39 is 0 Å². The highest BCUT2D eigenvalue weighted by Gasteiger charge is 2.33. The van der Waals surface area contributed by atoms with E-state index in [-0.39, 0.29) is 12.6 Å². The van der Waals surface area contributed by atoms with Crippen LogP contribution in [0.5, 0.6) is 11.5 Å². The molecular formula is C32H28NO4+. The predicted molar refractivity (Wildman–Crippen MR) is 143 cm³/mol. The van der Waals surface area contributed by atoms with E-state index in [1.165, 1.54) is 23.6 Å². The first kappa shape index (κ1) is 22.3. The normalized spacial score (nSPS) is 15.5. The highest BCUT2D eigenvalue weighted by atomic mass is 16.5. The molecule has 3 heterocycles. The third-order valence-electron chi connectivity index (χ3n) is 8.07. The molecule has 0 saturated heterocycles. The molecule has 4 aromatic rings. The molecule has 0 amide bonds. The highest BCUT2D eigenvalue weighted by molar-refractivity contribution is 6.03. The fourth-order valence-corrected chi connectivity index (χ4v) is 6.51. The van der Waals surface area contributed by atoms with Gasteiger partial charge in [-0.3, -0.25) is 0 Å². The van der Waals surface area contributed by atoms with E-state index in [0.717, 1.165) is 88.5 Å². The molecule has 37 heavy (non-hydrogen) atoms. The lowest BCUT2D eigenvalue weighted by Gasteiger charge is -2.28. The number of nitrogens with zero attached hydrogens (tertiary/aromatic N) is 1. The number of aryl methyl sites for hydroxylation is 1. The van der Waals surface area contributed by atoms with Crippen molar-refractivity contribution in [2.75, 3.05) is 20.2 Å². The van der Waals surface area contributed by atoms with Crippen LogP contribution in [0.15, 0.2) is 60.7 Å². The van der Waals surface area contributed by atoms with Gasteiger partial charge in [-0.2, -0.15) is 0 Å². The lowest BCUT2D eigenvalue weighted by Crippen LogP contribution is -2.45. The van der Waals surface area contributed by atoms with Gasteiger partial charge in [0.2, 0.25) is 5.36 Å². The van der Waals surface area contributed by atoms with Gasteiger partial charge in [0, 0.05) is 40.1 Å². The van der Waals surface area contributed by atoms with E-state index >= 15 is 0 Å². The van der Waals surface area contributed by atoms with Crippen LogP contribution >= 0.6 is 0 Å². The van der Waals surface area contributed by atoms with Gasteiger partial charge in [0.25, 0.3) is 0 Å². The van der Waals surface area contributed by atoms with E-state index in [9.17, 15) is 9.90 Å². The molecule has 0 radical (unpaired) electrons. The number of methoxy groups -OCH3 is 1. The average Bonchev–Trinajstić information content (AvgIpc) is 2.95. The van der Waals surface area contributed by atoms with Crippen LogP contribution in [0.3, 0.4) is 0 Å². The van der Waals surface area contributed by atoms with Crippen LogP contribution in [0.4, 0.5) is 0 Å². The summed E-state index contributed by atoms with van der Waals surface area (Å²) in [6, 6.07) is 20.1. The highest BCUT2D eigenvalue weighted by Crippen LogP contribution is 2.44. The molecule has 0 unspecified atom stereocenters. The number of hydrogen-bond donors (Lipinski definition) is 1. The summed E-state index contributed by atoms with van der Waals surface area (Å²) in [5.74, 6) is 1.27. The lowest BCUT2D eigenvalue weighted by atomic mass is 9.85. The molecule has 0 fully saturated rings. The molecule has 3 aliphatic heterocycles. The summed E-state index contributed by atoms with van der Waals surface area (Å²) in [5, 5.41) is 14.5. The molecule has 5 nitrogen and oxygen atoms in total. The van der Waals surface area contributed by atoms with Crippen LogP contribution in [0.2, 0.25) is 0 Å². The number of hydrogen-bond acceptors (Lipinski definition) is 4. The van der Waals surface area contributed by atoms with Gasteiger partial charge in [-0.15, -0.1) is 0 Å². The van der Waals surface area contributed by atoms with Crippen LogP contribution in [0.25, 0.3) is 16.3 Å². The SMILES string of the molecule is COC(=O)c1ccccc1C1=c2cc3c4c(c2Oc2c1ccc1cccc(CO)c21)CCC[N+]=4CCC3. The third kappa shape index (κ3) is 3.27. The van der Waals surface area contributed by atoms with Crippen LogP contribution < -0.4 is 19.9 Å². The molecule has 0 saturated carbocycles. The molecule has 0 aliphatic carbocycles. The molecule has 184 valence electrons. The van der Waals surface area contributed by atoms with Crippen molar-refractivity contribution in [3.8, 4) is 11.5 Å². The van der Waals surface area contributed by atoms with Crippen molar-refractivity contribution in [3.63, 3.8) is 0 Å². The largest absolute Gasteiger partial charge is 0.465 e. The smallest absolute Gasteiger partial charge is 0.338 e. The van der Waals surface area contributed by atoms with Crippen molar-refractivity contribution in [2.24, 2.45) is 0 Å². The van der Waals surface area contributed by atoms with E-state index in [2.05, 4.69) is 22.8 Å². The van der Waals surface area contributed by atoms with Crippen LogP contribution in [0.1, 0.15) is 51.0 Å². The minimum Gasteiger partial charge on any atom is -0.465 e. The lowest BCUT2D eigenvalue weighted by molar-refractivity contribution is 0.0600. The summed E-state index contributed by atoms with van der Waals surface area (Å²) >= 11 is 0. The molecular weight excluding hydrogens is 462 g/mol. The molecule has 4 aromatic carbocycles. The maximum atomic E-state index is 12.9. The van der Waals surface area contributed by atoms with Crippen molar-refractivity contribution in [1.29, 1.82) is 0 Å². The Hall–Kier alpha value is -3.96. The van der Waals surface area contributed by atoms with Gasteiger partial charge in [0.05, 0.1) is 24.8 Å². The summed E-state index contributed by atoms with van der Waals surface area (Å²) in [6.07, 6.45) is 4.23. The number of ether oxygens (including phenoxy) is 2. The quantitative estimate of drug-likeness (QED) is 0.308. The van der Waals surface area contributed by atoms with Gasteiger partial charge in [-0.1, -0.05) is 42.5 Å². The molecule has 0 bridgehead atoms. The number of fused-ring (bicyclic) bond motifs is 5. The first-order valence-corrected chi connectivity index (χ1v) is 13.0. The molecule has 0 spiro atoms. The summed E-state index contributed by atoms with van der Waals surface area (Å²) in [6.45, 7) is 2.08. The monoisotopic (exact) mass is 490 g/mol. The zero-order chi connectivity index (χ0) is 25.1. The van der Waals surface area contributed by atoms with Crippen molar-refractivity contribution in [2.45, 2.75) is 32.3 Å². The molecule has 1 N–H and O–H groups in total. The summed E-state index contributed by atoms with van der Waals surface area (Å²) in [7, 11) is 1.42. The Kier molecular flexibility index (Phi) is 5.15. The number of carbonyl (C=O) groups excluding carboxylic acids is 1. The predicted octanol–water partition coefficient (Wildman–Crippen LogP) is 3.86. The second-order valence-corrected chi connectivity index (χ2v) is 10.1. The third-order valence-corrected chi connectivity index (χ3v) is 8.07. The Morgan fingerprint density at radius 1 is 0.973 bits per heavy atom. The fourth-order valence-electron chi connectivity index (χ4n) is 6.51. The first-order chi connectivity index (χ1) is 18.2. The number of benzene rings is 4. The molecule has 7 rings (SSSR count). The second kappa shape index (κ2) is 8.56. The van der Waals surface area contributed by atoms with Crippen LogP contribution in [-0.4, -0.2) is 31.3 Å². The minimum atomic E-state index is -0.361.